The number of aryl methyl sites for hydroxylation is 1. The van der Waals surface area contributed by atoms with E-state index in [2.05, 4.69) is 5.32 Å². The highest BCUT2D eigenvalue weighted by atomic mass is 32.2. The van der Waals surface area contributed by atoms with E-state index in [1.165, 1.54) is 25.1 Å². The Morgan fingerprint density at radius 2 is 1.71 bits per heavy atom. The minimum absolute atomic E-state index is 0.0488. The van der Waals surface area contributed by atoms with Crippen LogP contribution in [0.5, 0.6) is 5.75 Å². The molecular formula is C25H22N4O4S. The summed E-state index contributed by atoms with van der Waals surface area (Å²) in [6, 6.07) is 19.3. The Labute approximate surface area is 195 Å². The quantitative estimate of drug-likeness (QED) is 0.355. The number of carbonyl (C=O) groups is 1. The lowest BCUT2D eigenvalue weighted by Crippen LogP contribution is -2.15. The molecule has 8 nitrogen and oxygen atoms in total. The maximum atomic E-state index is 12.8. The molecule has 0 aliphatic rings. The minimum Gasteiger partial charge on any atom is -0.506 e. The second-order valence-electron chi connectivity index (χ2n) is 7.93. The number of benzene rings is 3. The van der Waals surface area contributed by atoms with E-state index in [0.717, 1.165) is 27.5 Å². The minimum atomic E-state index is -3.47. The summed E-state index contributed by atoms with van der Waals surface area (Å²) >= 11 is 0. The van der Waals surface area contributed by atoms with Gasteiger partial charge in [0, 0.05) is 18.4 Å². The van der Waals surface area contributed by atoms with E-state index in [4.69, 9.17) is 9.97 Å². The van der Waals surface area contributed by atoms with Gasteiger partial charge in [-0.3, -0.25) is 4.79 Å². The molecule has 34 heavy (non-hydrogen) atoms. The Kier molecular flexibility index (Phi) is 5.41. The number of nitrogens with one attached hydrogen (secondary N) is 1. The predicted octanol–water partition coefficient (Wildman–Crippen LogP) is 4.27. The molecule has 0 aliphatic heterocycles. The fourth-order valence-corrected chi connectivity index (χ4v) is 4.92. The monoisotopic (exact) mass is 474 g/mol. The molecular weight excluding hydrogens is 452 g/mol. The average molecular weight is 475 g/mol. The van der Waals surface area contributed by atoms with E-state index in [1.807, 2.05) is 53.1 Å². The molecule has 0 atom stereocenters. The second kappa shape index (κ2) is 8.42. The van der Waals surface area contributed by atoms with Gasteiger partial charge in [0.25, 0.3) is 0 Å². The lowest BCUT2D eigenvalue weighted by atomic mass is 10.2. The van der Waals surface area contributed by atoms with Crippen molar-refractivity contribution in [2.45, 2.75) is 24.8 Å². The Balaban J connectivity index is 1.46. The topological polar surface area (TPSA) is 114 Å². The number of aromatic hydroxyl groups is 1. The fourth-order valence-electron chi connectivity index (χ4n) is 4.01. The van der Waals surface area contributed by atoms with Crippen molar-refractivity contribution in [1.29, 1.82) is 0 Å². The molecule has 172 valence electrons. The van der Waals surface area contributed by atoms with Gasteiger partial charge in [0.15, 0.2) is 15.5 Å². The number of hydrogen-bond acceptors (Lipinski definition) is 6. The van der Waals surface area contributed by atoms with Gasteiger partial charge < -0.3 is 15.0 Å². The molecule has 0 fully saturated rings. The summed E-state index contributed by atoms with van der Waals surface area (Å²) in [5.74, 6) is -0.632. The van der Waals surface area contributed by atoms with Crippen LogP contribution in [-0.4, -0.2) is 39.7 Å². The Morgan fingerprint density at radius 3 is 2.47 bits per heavy atom. The number of para-hydroxylation sites is 3. The second-order valence-corrected chi connectivity index (χ2v) is 10.2. The van der Waals surface area contributed by atoms with Crippen molar-refractivity contribution in [3.8, 4) is 5.75 Å². The highest BCUT2D eigenvalue weighted by Gasteiger charge is 2.17. The van der Waals surface area contributed by atoms with E-state index < -0.39 is 9.84 Å². The number of carbonyl (C=O) groups excluding carboxylic acids is 1. The van der Waals surface area contributed by atoms with Crippen LogP contribution in [-0.2, 0) is 21.2 Å². The number of sulfone groups is 1. The molecule has 0 saturated heterocycles. The summed E-state index contributed by atoms with van der Waals surface area (Å²) in [5.41, 5.74) is 4.00. The number of amides is 1. The number of nitrogens with zero attached hydrogens (tertiary/aromatic N) is 3. The van der Waals surface area contributed by atoms with Crippen LogP contribution in [0.3, 0.4) is 0 Å². The fraction of sp³-hybridized carbons (Fsp3) is 0.160. The van der Waals surface area contributed by atoms with E-state index in [1.54, 1.807) is 0 Å². The summed E-state index contributed by atoms with van der Waals surface area (Å²) < 4.78 is 26.3. The van der Waals surface area contributed by atoms with Crippen molar-refractivity contribution in [1.82, 2.24) is 14.5 Å². The number of phenolic OH excluding ortho intramolecular Hbond substituents is 1. The summed E-state index contributed by atoms with van der Waals surface area (Å²) in [6.07, 6.45) is 0.0898. The van der Waals surface area contributed by atoms with Crippen LogP contribution >= 0.6 is 0 Å². The van der Waals surface area contributed by atoms with Gasteiger partial charge in [-0.25, -0.2) is 18.4 Å². The maximum Gasteiger partial charge on any atom is 0.226 e. The normalized spacial score (nSPS) is 11.9. The Bertz CT molecular complexity index is 1680. The molecule has 2 N–H and O–H groups in total. The zero-order chi connectivity index (χ0) is 23.9. The summed E-state index contributed by atoms with van der Waals surface area (Å²) in [5, 5.41) is 13.7. The average Bonchev–Trinajstić information content (AvgIpc) is 3.15. The first-order valence-corrected chi connectivity index (χ1v) is 12.5. The Morgan fingerprint density at radius 1 is 1.00 bits per heavy atom. The molecule has 0 saturated carbocycles. The first-order chi connectivity index (χ1) is 16.4. The van der Waals surface area contributed by atoms with Crippen LogP contribution in [0.25, 0.3) is 33.1 Å². The van der Waals surface area contributed by atoms with Gasteiger partial charge in [-0.1, -0.05) is 37.3 Å². The van der Waals surface area contributed by atoms with Crippen molar-refractivity contribution in [3.05, 3.63) is 66.7 Å². The van der Waals surface area contributed by atoms with Gasteiger partial charge in [0.1, 0.15) is 11.3 Å². The van der Waals surface area contributed by atoms with Gasteiger partial charge in [-0.05, 0) is 36.4 Å². The number of rotatable bonds is 6. The maximum absolute atomic E-state index is 12.8. The smallest absolute Gasteiger partial charge is 0.226 e. The lowest BCUT2D eigenvalue weighted by molar-refractivity contribution is -0.116. The van der Waals surface area contributed by atoms with Crippen molar-refractivity contribution in [3.63, 3.8) is 0 Å². The SMILES string of the molecule is CCS(=O)(=O)c1ccc(O)c(NC(=O)CCn2c3ccccc3c3nc4ccccc4nc32)c1. The highest BCUT2D eigenvalue weighted by Crippen LogP contribution is 2.29. The van der Waals surface area contributed by atoms with Gasteiger partial charge in [-0.2, -0.15) is 0 Å². The molecule has 5 rings (SSSR count). The van der Waals surface area contributed by atoms with Crippen LogP contribution < -0.4 is 5.32 Å². The number of phenols is 1. The van der Waals surface area contributed by atoms with Crippen LogP contribution in [0.4, 0.5) is 5.69 Å². The zero-order valence-electron chi connectivity index (χ0n) is 18.4. The predicted molar refractivity (Wildman–Crippen MR) is 132 cm³/mol. The van der Waals surface area contributed by atoms with E-state index in [9.17, 15) is 18.3 Å². The third-order valence-corrected chi connectivity index (χ3v) is 7.53. The summed E-state index contributed by atoms with van der Waals surface area (Å²) in [6.45, 7) is 1.87. The lowest BCUT2D eigenvalue weighted by Gasteiger charge is -2.11. The van der Waals surface area contributed by atoms with Crippen molar-refractivity contribution < 1.29 is 18.3 Å². The van der Waals surface area contributed by atoms with E-state index in [0.29, 0.717) is 12.2 Å². The molecule has 3 aromatic carbocycles. The van der Waals surface area contributed by atoms with Crippen molar-refractivity contribution in [2.75, 3.05) is 11.1 Å². The van der Waals surface area contributed by atoms with Crippen molar-refractivity contribution in [2.24, 2.45) is 0 Å². The molecule has 0 spiro atoms. The number of fused-ring (bicyclic) bond motifs is 4. The first-order valence-electron chi connectivity index (χ1n) is 10.9. The molecule has 9 heteroatoms. The zero-order valence-corrected chi connectivity index (χ0v) is 19.2. The summed E-state index contributed by atoms with van der Waals surface area (Å²) in [7, 11) is -3.47. The van der Waals surface area contributed by atoms with E-state index >= 15 is 0 Å². The Hall–Kier alpha value is -3.98. The van der Waals surface area contributed by atoms with Gasteiger partial charge in [-0.15, -0.1) is 0 Å². The summed E-state index contributed by atoms with van der Waals surface area (Å²) in [4.78, 5) is 22.4. The largest absolute Gasteiger partial charge is 0.506 e. The molecule has 5 aromatic rings. The molecule has 2 heterocycles. The number of anilines is 1. The van der Waals surface area contributed by atoms with Crippen molar-refractivity contribution >= 4 is 54.5 Å². The first kappa shape index (κ1) is 21.8. The molecule has 2 aromatic heterocycles. The van der Waals surface area contributed by atoms with Gasteiger partial charge in [0.2, 0.25) is 5.91 Å². The molecule has 0 unspecified atom stereocenters. The standard InChI is InChI=1S/C25H22N4O4S/c1-2-34(32,33)16-11-12-22(30)20(15-16)26-23(31)13-14-29-21-10-6-3-7-17(21)24-25(29)28-19-9-5-4-8-18(19)27-24/h3-12,15,30H,2,13-14H2,1H3,(H,26,31). The van der Waals surface area contributed by atoms with Gasteiger partial charge >= 0.3 is 0 Å². The molecule has 0 aliphatic carbocycles. The highest BCUT2D eigenvalue weighted by molar-refractivity contribution is 7.91. The van der Waals surface area contributed by atoms with Crippen LogP contribution in [0, 0.1) is 0 Å². The third kappa shape index (κ3) is 3.84. The van der Waals surface area contributed by atoms with Crippen LogP contribution in [0.1, 0.15) is 13.3 Å². The number of hydrogen-bond donors (Lipinski definition) is 2. The van der Waals surface area contributed by atoms with Crippen LogP contribution in [0.2, 0.25) is 0 Å². The number of aromatic nitrogens is 3. The molecule has 0 radical (unpaired) electrons. The van der Waals surface area contributed by atoms with Gasteiger partial charge in [0.05, 0.1) is 32.9 Å². The third-order valence-electron chi connectivity index (χ3n) is 5.80. The van der Waals surface area contributed by atoms with E-state index in [-0.39, 0.29) is 34.4 Å². The molecule has 0 bridgehead atoms. The van der Waals surface area contributed by atoms with Crippen LogP contribution in [0.15, 0.2) is 71.6 Å². The molecule has 1 amide bonds.